The third-order valence-electron chi connectivity index (χ3n) is 3.46. The van der Waals surface area contributed by atoms with E-state index in [1.165, 1.54) is 0 Å². The van der Waals surface area contributed by atoms with E-state index < -0.39 is 24.1 Å². The molecule has 1 heterocycles. The van der Waals surface area contributed by atoms with Crippen LogP contribution in [0.15, 0.2) is 0 Å². The normalized spacial score (nSPS) is 36.9. The van der Waals surface area contributed by atoms with Gasteiger partial charge in [0.05, 0.1) is 6.61 Å². The highest BCUT2D eigenvalue weighted by molar-refractivity contribution is 4.97. The molecule has 5 atom stereocenters. The first-order chi connectivity index (χ1) is 10.0. The van der Waals surface area contributed by atoms with Gasteiger partial charge in [0.2, 0.25) is 0 Å². The first-order valence-electron chi connectivity index (χ1n) is 7.84. The van der Waals surface area contributed by atoms with Gasteiger partial charge in [-0.15, -0.1) is 0 Å². The summed E-state index contributed by atoms with van der Waals surface area (Å²) in [5, 5.41) is 10.6. The van der Waals surface area contributed by atoms with Crippen LogP contribution in [0.4, 0.5) is 0 Å². The summed E-state index contributed by atoms with van der Waals surface area (Å²) in [5.41, 5.74) is 0. The van der Waals surface area contributed by atoms with Crippen LogP contribution in [0.2, 0.25) is 0 Å². The highest BCUT2D eigenvalue weighted by Gasteiger charge is 2.53. The smallest absolute Gasteiger partial charge is 0.192 e. The third-order valence-corrected chi connectivity index (χ3v) is 3.46. The van der Waals surface area contributed by atoms with E-state index in [4.69, 9.17) is 23.7 Å². The molecule has 0 aromatic heterocycles. The molecule has 21 heavy (non-hydrogen) atoms. The summed E-state index contributed by atoms with van der Waals surface area (Å²) in [5.74, 6) is -1.44. The molecule has 1 N–H and O–H groups in total. The van der Waals surface area contributed by atoms with Crippen molar-refractivity contribution in [1.29, 1.82) is 0 Å². The van der Waals surface area contributed by atoms with Crippen molar-refractivity contribution in [1.82, 2.24) is 0 Å². The molecule has 1 fully saturated rings. The molecule has 0 aromatic rings. The van der Waals surface area contributed by atoms with Crippen molar-refractivity contribution in [2.45, 2.75) is 64.8 Å². The topological polar surface area (TPSA) is 66.4 Å². The van der Waals surface area contributed by atoms with Crippen LogP contribution in [0.5, 0.6) is 0 Å². The fourth-order valence-electron chi connectivity index (χ4n) is 2.69. The lowest BCUT2D eigenvalue weighted by atomic mass is 9.92. The van der Waals surface area contributed by atoms with Gasteiger partial charge in [0.1, 0.15) is 24.4 Å². The minimum Gasteiger partial charge on any atom is -0.379 e. The van der Waals surface area contributed by atoms with Crippen LogP contribution in [0.3, 0.4) is 0 Å². The fraction of sp³-hybridized carbons (Fsp3) is 1.00. The first-order valence-corrected chi connectivity index (χ1v) is 7.84. The van der Waals surface area contributed by atoms with E-state index in [-0.39, 0.29) is 6.10 Å². The Labute approximate surface area is 127 Å². The van der Waals surface area contributed by atoms with Gasteiger partial charge in [-0.3, -0.25) is 0 Å². The van der Waals surface area contributed by atoms with Crippen LogP contribution in [0.25, 0.3) is 0 Å². The minimum absolute atomic E-state index is 0.335. The Morgan fingerprint density at radius 1 is 0.905 bits per heavy atom. The van der Waals surface area contributed by atoms with Gasteiger partial charge in [0.15, 0.2) is 5.79 Å². The van der Waals surface area contributed by atoms with Crippen LogP contribution in [0.1, 0.15) is 34.6 Å². The van der Waals surface area contributed by atoms with Gasteiger partial charge in [-0.25, -0.2) is 0 Å². The van der Waals surface area contributed by atoms with Gasteiger partial charge in [-0.2, -0.15) is 0 Å². The van der Waals surface area contributed by atoms with E-state index in [0.717, 1.165) is 0 Å². The number of aliphatic hydroxyl groups is 1. The second kappa shape index (κ2) is 9.02. The zero-order chi connectivity index (χ0) is 15.9. The molecule has 0 radical (unpaired) electrons. The van der Waals surface area contributed by atoms with E-state index in [1.807, 2.05) is 27.7 Å². The maximum atomic E-state index is 10.6. The lowest BCUT2D eigenvalue weighted by molar-refractivity contribution is -0.358. The van der Waals surface area contributed by atoms with Gasteiger partial charge in [-0.05, 0) is 34.6 Å². The Hall–Kier alpha value is -0.240. The number of ether oxygens (including phenoxy) is 5. The van der Waals surface area contributed by atoms with Crippen molar-refractivity contribution in [3.8, 4) is 0 Å². The molecule has 6 nitrogen and oxygen atoms in total. The molecule has 0 amide bonds. The monoisotopic (exact) mass is 306 g/mol. The third kappa shape index (κ3) is 4.87. The van der Waals surface area contributed by atoms with E-state index in [2.05, 4.69) is 0 Å². The van der Waals surface area contributed by atoms with Gasteiger partial charge >= 0.3 is 0 Å². The van der Waals surface area contributed by atoms with Crippen LogP contribution < -0.4 is 0 Å². The number of rotatable bonds is 9. The molecule has 6 heteroatoms. The molecule has 1 saturated heterocycles. The second-order valence-electron chi connectivity index (χ2n) is 5.09. The predicted molar refractivity (Wildman–Crippen MR) is 78.2 cm³/mol. The summed E-state index contributed by atoms with van der Waals surface area (Å²) >= 11 is 0. The summed E-state index contributed by atoms with van der Waals surface area (Å²) in [6, 6.07) is 0. The predicted octanol–water partition coefficient (Wildman–Crippen LogP) is 1.35. The first kappa shape index (κ1) is 18.8. The summed E-state index contributed by atoms with van der Waals surface area (Å²) in [4.78, 5) is 0. The molecule has 1 aliphatic heterocycles. The van der Waals surface area contributed by atoms with Gasteiger partial charge in [0.25, 0.3) is 0 Å². The Kier molecular flexibility index (Phi) is 8.08. The van der Waals surface area contributed by atoms with Gasteiger partial charge in [-0.1, -0.05) is 0 Å². The SMILES string of the molecule is CCOC[C@H]1O[C@](C)(O)[C@H](OCC)[C@@H](OCC)[C@@H]1OCC. The van der Waals surface area contributed by atoms with E-state index >= 15 is 0 Å². The van der Waals surface area contributed by atoms with Gasteiger partial charge in [0, 0.05) is 26.4 Å². The maximum Gasteiger partial charge on any atom is 0.192 e. The molecule has 0 spiro atoms. The largest absolute Gasteiger partial charge is 0.379 e. The van der Waals surface area contributed by atoms with Crippen LogP contribution in [-0.4, -0.2) is 68.3 Å². The number of hydrogen-bond donors (Lipinski definition) is 1. The zero-order valence-corrected chi connectivity index (χ0v) is 13.8. The molecule has 0 bridgehead atoms. The lowest BCUT2D eigenvalue weighted by Crippen LogP contribution is -2.66. The van der Waals surface area contributed by atoms with E-state index in [9.17, 15) is 5.11 Å². The molecule has 1 rings (SSSR count). The molecule has 0 aliphatic carbocycles. The summed E-state index contributed by atoms with van der Waals surface area (Å²) < 4.78 is 28.5. The maximum absolute atomic E-state index is 10.6. The highest BCUT2D eigenvalue weighted by atomic mass is 16.7. The Morgan fingerprint density at radius 2 is 1.48 bits per heavy atom. The molecule has 0 aromatic carbocycles. The van der Waals surface area contributed by atoms with Crippen molar-refractivity contribution in [3.63, 3.8) is 0 Å². The number of hydrogen-bond acceptors (Lipinski definition) is 6. The van der Waals surface area contributed by atoms with E-state index in [0.29, 0.717) is 33.0 Å². The average Bonchev–Trinajstić information content (AvgIpc) is 2.44. The highest BCUT2D eigenvalue weighted by Crippen LogP contribution is 2.33. The lowest BCUT2D eigenvalue weighted by Gasteiger charge is -2.48. The molecule has 0 unspecified atom stereocenters. The van der Waals surface area contributed by atoms with Crippen molar-refractivity contribution < 1.29 is 28.8 Å². The van der Waals surface area contributed by atoms with Crippen molar-refractivity contribution in [2.24, 2.45) is 0 Å². The molecule has 1 aliphatic rings. The average molecular weight is 306 g/mol. The van der Waals surface area contributed by atoms with Crippen LogP contribution in [-0.2, 0) is 23.7 Å². The standard InChI is InChI=1S/C15H30O6/c1-6-17-10-11-12(18-7-2)13(19-8-3)14(20-9-4)15(5,16)21-11/h11-14,16H,6-10H2,1-5H3/t11-,12-,13+,14-,15+/m1/s1. The summed E-state index contributed by atoms with van der Waals surface area (Å²) in [6.07, 6.45) is -1.73. The second-order valence-corrected chi connectivity index (χ2v) is 5.09. The Morgan fingerprint density at radius 3 is 2.00 bits per heavy atom. The van der Waals surface area contributed by atoms with Crippen LogP contribution in [0, 0.1) is 0 Å². The van der Waals surface area contributed by atoms with Crippen LogP contribution >= 0.6 is 0 Å². The zero-order valence-electron chi connectivity index (χ0n) is 13.8. The van der Waals surface area contributed by atoms with Crippen molar-refractivity contribution in [2.75, 3.05) is 33.0 Å². The molecular weight excluding hydrogens is 276 g/mol. The summed E-state index contributed by atoms with van der Waals surface area (Å²) in [6.45, 7) is 11.6. The van der Waals surface area contributed by atoms with Crippen molar-refractivity contribution >= 4 is 0 Å². The summed E-state index contributed by atoms with van der Waals surface area (Å²) in [7, 11) is 0. The molecular formula is C15H30O6. The minimum atomic E-state index is -1.44. The van der Waals surface area contributed by atoms with Crippen molar-refractivity contribution in [3.05, 3.63) is 0 Å². The Bertz CT molecular complexity index is 283. The molecule has 126 valence electrons. The fourth-order valence-corrected chi connectivity index (χ4v) is 2.69. The quantitative estimate of drug-likeness (QED) is 0.693. The van der Waals surface area contributed by atoms with Gasteiger partial charge < -0.3 is 28.8 Å². The van der Waals surface area contributed by atoms with E-state index in [1.54, 1.807) is 6.92 Å². The molecule has 0 saturated carbocycles. The Balaban J connectivity index is 2.97.